The number of hydrogen-bond acceptors (Lipinski definition) is 5. The molecule has 1 aromatic carbocycles. The summed E-state index contributed by atoms with van der Waals surface area (Å²) in [4.78, 5) is 9.50. The topological polar surface area (TPSA) is 58.3 Å². The number of aromatic nitrogens is 3. The van der Waals surface area contributed by atoms with Gasteiger partial charge in [-0.3, -0.25) is 0 Å². The summed E-state index contributed by atoms with van der Waals surface area (Å²) in [6.45, 7) is 3.97. The molecule has 8 heteroatoms. The zero-order chi connectivity index (χ0) is 19.9. The lowest BCUT2D eigenvalue weighted by molar-refractivity contribution is 0.474. The highest BCUT2D eigenvalue weighted by molar-refractivity contribution is 7.98. The van der Waals surface area contributed by atoms with Gasteiger partial charge in [-0.15, -0.1) is 33.3 Å². The third kappa shape index (κ3) is 5.36. The molecule has 0 saturated heterocycles. The van der Waals surface area contributed by atoms with Crippen molar-refractivity contribution in [2.75, 3.05) is 13.3 Å². The molecule has 2 heterocycles. The molecular formula is C20H26N6S2. The van der Waals surface area contributed by atoms with Gasteiger partial charge in [0.2, 0.25) is 0 Å². The fraction of sp³-hybridized carbons (Fsp3) is 0.350. The highest BCUT2D eigenvalue weighted by Gasteiger charge is 2.10. The molecule has 6 nitrogen and oxygen atoms in total. The normalized spacial score (nSPS) is 11.6. The maximum Gasteiger partial charge on any atom is 0.194 e. The fourth-order valence-corrected chi connectivity index (χ4v) is 3.76. The summed E-state index contributed by atoms with van der Waals surface area (Å²) in [5.74, 6) is 2.59. The molecule has 1 N–H and O–H groups in total. The summed E-state index contributed by atoms with van der Waals surface area (Å²) in [7, 11) is 4.03. The van der Waals surface area contributed by atoms with Crippen LogP contribution in [0.25, 0.3) is 0 Å². The van der Waals surface area contributed by atoms with Crippen LogP contribution in [-0.4, -0.2) is 38.9 Å². The van der Waals surface area contributed by atoms with Crippen molar-refractivity contribution >= 4 is 29.1 Å². The number of benzene rings is 1. The second-order valence-corrected chi connectivity index (χ2v) is 8.41. The largest absolute Gasteiger partial charge is 0.351 e. The Morgan fingerprint density at radius 1 is 1.25 bits per heavy atom. The van der Waals surface area contributed by atoms with E-state index in [0.717, 1.165) is 30.7 Å². The summed E-state index contributed by atoms with van der Waals surface area (Å²) in [6, 6.07) is 12.9. The monoisotopic (exact) mass is 414 g/mol. The fourth-order valence-electron chi connectivity index (χ4n) is 2.70. The third-order valence-electron chi connectivity index (χ3n) is 4.49. The van der Waals surface area contributed by atoms with Crippen LogP contribution in [0.1, 0.15) is 22.1 Å². The van der Waals surface area contributed by atoms with E-state index in [2.05, 4.69) is 75.5 Å². The maximum absolute atomic E-state index is 4.81. The number of aliphatic imine (C=N–C) groups is 1. The van der Waals surface area contributed by atoms with Crippen LogP contribution in [0, 0.1) is 6.92 Å². The summed E-state index contributed by atoms with van der Waals surface area (Å²) in [5, 5.41) is 13.9. The van der Waals surface area contributed by atoms with E-state index in [-0.39, 0.29) is 0 Å². The van der Waals surface area contributed by atoms with E-state index in [1.165, 1.54) is 15.3 Å². The quantitative estimate of drug-likeness (QED) is 0.363. The number of aryl methyl sites for hydroxylation is 1. The first-order valence-corrected chi connectivity index (χ1v) is 11.2. The van der Waals surface area contributed by atoms with Crippen molar-refractivity contribution < 1.29 is 0 Å². The van der Waals surface area contributed by atoms with Crippen molar-refractivity contribution in [3.05, 3.63) is 63.9 Å². The van der Waals surface area contributed by atoms with Crippen molar-refractivity contribution in [2.24, 2.45) is 12.0 Å². The van der Waals surface area contributed by atoms with Crippen molar-refractivity contribution in [1.29, 1.82) is 0 Å². The molecule has 3 aromatic rings. The average molecular weight is 415 g/mol. The Morgan fingerprint density at radius 2 is 2.04 bits per heavy atom. The molecule has 0 atom stereocenters. The van der Waals surface area contributed by atoms with E-state index >= 15 is 0 Å². The first kappa shape index (κ1) is 20.4. The maximum atomic E-state index is 4.81. The first-order valence-electron chi connectivity index (χ1n) is 9.06. The Morgan fingerprint density at radius 3 is 2.64 bits per heavy atom. The van der Waals surface area contributed by atoms with Crippen LogP contribution in [0.3, 0.4) is 0 Å². The number of guanidine groups is 1. The molecule has 28 heavy (non-hydrogen) atoms. The van der Waals surface area contributed by atoms with Crippen molar-refractivity contribution in [3.63, 3.8) is 0 Å². The molecule has 0 spiro atoms. The Balaban J connectivity index is 1.73. The molecule has 0 amide bonds. The minimum absolute atomic E-state index is 0.486. The van der Waals surface area contributed by atoms with Gasteiger partial charge in [-0.25, -0.2) is 4.99 Å². The summed E-state index contributed by atoms with van der Waals surface area (Å²) < 4.78 is 1.97. The van der Waals surface area contributed by atoms with Gasteiger partial charge in [-0.2, -0.15) is 0 Å². The Bertz CT molecular complexity index is 899. The molecule has 148 valence electrons. The predicted molar refractivity (Wildman–Crippen MR) is 118 cm³/mol. The van der Waals surface area contributed by atoms with Crippen LogP contribution in [0.2, 0.25) is 0 Å². The lowest BCUT2D eigenvalue weighted by Gasteiger charge is -2.22. The number of rotatable bonds is 7. The molecule has 0 aliphatic heterocycles. The highest BCUT2D eigenvalue weighted by atomic mass is 32.2. The van der Waals surface area contributed by atoms with Gasteiger partial charge in [0.05, 0.1) is 6.54 Å². The van der Waals surface area contributed by atoms with Crippen LogP contribution in [0.5, 0.6) is 0 Å². The smallest absolute Gasteiger partial charge is 0.194 e. The van der Waals surface area contributed by atoms with Gasteiger partial charge in [0.15, 0.2) is 11.8 Å². The van der Waals surface area contributed by atoms with Crippen LogP contribution >= 0.6 is 23.1 Å². The predicted octanol–water partition coefficient (Wildman–Crippen LogP) is 3.68. The molecule has 0 aliphatic carbocycles. The molecule has 2 aromatic heterocycles. The lowest BCUT2D eigenvalue weighted by atomic mass is 10.2. The van der Waals surface area contributed by atoms with E-state index in [1.54, 1.807) is 23.1 Å². The minimum Gasteiger partial charge on any atom is -0.351 e. The molecule has 0 unspecified atom stereocenters. The SMILES string of the molecule is CSc1ccc(CN(C)C(=NCc2nnc(C)n2C)NCc2cccs2)cc1. The van der Waals surface area contributed by atoms with Crippen LogP contribution in [0.4, 0.5) is 0 Å². The highest BCUT2D eigenvalue weighted by Crippen LogP contribution is 2.16. The third-order valence-corrected chi connectivity index (χ3v) is 6.11. The molecule has 0 aliphatic rings. The Kier molecular flexibility index (Phi) is 7.11. The second kappa shape index (κ2) is 9.75. The zero-order valence-corrected chi connectivity index (χ0v) is 18.3. The number of thioether (sulfide) groups is 1. The van der Waals surface area contributed by atoms with Crippen molar-refractivity contribution in [1.82, 2.24) is 25.0 Å². The van der Waals surface area contributed by atoms with Crippen LogP contribution in [0.15, 0.2) is 51.7 Å². The van der Waals surface area contributed by atoms with Gasteiger partial charge in [0.25, 0.3) is 0 Å². The zero-order valence-electron chi connectivity index (χ0n) is 16.7. The van der Waals surface area contributed by atoms with Crippen molar-refractivity contribution in [2.45, 2.75) is 31.5 Å². The van der Waals surface area contributed by atoms with E-state index < -0.39 is 0 Å². The number of nitrogens with one attached hydrogen (secondary N) is 1. The molecular weight excluding hydrogens is 388 g/mol. The van der Waals surface area contributed by atoms with Gasteiger partial charge < -0.3 is 14.8 Å². The summed E-state index contributed by atoms with van der Waals surface area (Å²) in [6.07, 6.45) is 2.09. The minimum atomic E-state index is 0.486. The first-order chi connectivity index (χ1) is 13.6. The average Bonchev–Trinajstić information content (AvgIpc) is 3.33. The van der Waals surface area contributed by atoms with Gasteiger partial charge in [0, 0.05) is 30.4 Å². The van der Waals surface area contributed by atoms with Crippen LogP contribution in [-0.2, 0) is 26.7 Å². The summed E-state index contributed by atoms with van der Waals surface area (Å²) >= 11 is 3.49. The standard InChI is InChI=1S/C20H26N6S2/c1-15-23-24-19(26(15)3)13-22-20(21-12-18-6-5-11-28-18)25(2)14-16-7-9-17(27-4)10-8-16/h5-11H,12-14H2,1-4H3,(H,21,22). The Labute approximate surface area is 174 Å². The molecule has 0 radical (unpaired) electrons. The van der Waals surface area contributed by atoms with E-state index in [9.17, 15) is 0 Å². The molecule has 0 fully saturated rings. The molecule has 0 bridgehead atoms. The van der Waals surface area contributed by atoms with Gasteiger partial charge in [-0.1, -0.05) is 18.2 Å². The number of thiophene rings is 1. The van der Waals surface area contributed by atoms with Gasteiger partial charge in [-0.05, 0) is 42.3 Å². The molecule has 0 saturated carbocycles. The molecule has 3 rings (SSSR count). The summed E-state index contributed by atoms with van der Waals surface area (Å²) in [5.41, 5.74) is 1.25. The Hall–Kier alpha value is -2.32. The van der Waals surface area contributed by atoms with Crippen molar-refractivity contribution in [3.8, 4) is 0 Å². The van der Waals surface area contributed by atoms with E-state index in [0.29, 0.717) is 6.54 Å². The van der Waals surface area contributed by atoms with Gasteiger partial charge in [0.1, 0.15) is 12.4 Å². The van der Waals surface area contributed by atoms with E-state index in [1.807, 2.05) is 18.5 Å². The number of hydrogen-bond donors (Lipinski definition) is 1. The lowest BCUT2D eigenvalue weighted by Crippen LogP contribution is -2.38. The van der Waals surface area contributed by atoms with Crippen LogP contribution < -0.4 is 5.32 Å². The van der Waals surface area contributed by atoms with Gasteiger partial charge >= 0.3 is 0 Å². The second-order valence-electron chi connectivity index (χ2n) is 6.50. The number of nitrogens with zero attached hydrogens (tertiary/aromatic N) is 5. The van der Waals surface area contributed by atoms with E-state index in [4.69, 9.17) is 4.99 Å².